The average molecular weight is 728 g/mol. The fourth-order valence-corrected chi connectivity index (χ4v) is 7.47. The van der Waals surface area contributed by atoms with Crippen LogP contribution in [-0.4, -0.2) is 38.4 Å². The van der Waals surface area contributed by atoms with Gasteiger partial charge in [-0.1, -0.05) is 158 Å². The Bertz CT molecular complexity index is 2110. The van der Waals surface area contributed by atoms with E-state index in [-0.39, 0.29) is 28.9 Å². The number of ether oxygens (including phenoxy) is 2. The molecule has 0 aliphatic rings. The molecule has 0 spiro atoms. The number of hydrogen-bond donors (Lipinski definition) is 2. The molecule has 0 bridgehead atoms. The molecule has 1 unspecified atom stereocenters. The Hall–Kier alpha value is -4.91. The van der Waals surface area contributed by atoms with E-state index >= 15 is 0 Å². The third-order valence-corrected chi connectivity index (χ3v) is 10.7. The summed E-state index contributed by atoms with van der Waals surface area (Å²) in [6.45, 7) is 7.61. The van der Waals surface area contributed by atoms with Crippen molar-refractivity contribution in [1.29, 1.82) is 0 Å². The van der Waals surface area contributed by atoms with Crippen molar-refractivity contribution < 1.29 is 19.7 Å². The summed E-state index contributed by atoms with van der Waals surface area (Å²) in [5, 5.41) is 29.3. The zero-order valence-electron chi connectivity index (χ0n) is 32.4. The zero-order chi connectivity index (χ0) is 37.7. The van der Waals surface area contributed by atoms with Gasteiger partial charge in [-0.05, 0) is 57.1 Å². The van der Waals surface area contributed by atoms with Gasteiger partial charge in [0.15, 0.2) is 11.6 Å². The van der Waals surface area contributed by atoms with Gasteiger partial charge >= 0.3 is 6.01 Å². The Morgan fingerprint density at radius 2 is 1.17 bits per heavy atom. The summed E-state index contributed by atoms with van der Waals surface area (Å²) in [5.41, 5.74) is 0.930. The fourth-order valence-electron chi connectivity index (χ4n) is 7.47. The number of fused-ring (bicyclic) bond motifs is 5. The van der Waals surface area contributed by atoms with Crippen molar-refractivity contribution in [2.75, 3.05) is 13.2 Å². The lowest BCUT2D eigenvalue weighted by atomic mass is 9.93. The van der Waals surface area contributed by atoms with Crippen molar-refractivity contribution in [3.8, 4) is 46.0 Å². The summed E-state index contributed by atoms with van der Waals surface area (Å²) in [6, 6.07) is 26.3. The predicted octanol–water partition coefficient (Wildman–Crippen LogP) is 13.0. The number of hydrogen-bond acceptors (Lipinski definition) is 7. The molecule has 1 heterocycles. The van der Waals surface area contributed by atoms with Crippen LogP contribution in [0.15, 0.2) is 78.9 Å². The number of phenols is 2. The molecule has 7 heteroatoms. The van der Waals surface area contributed by atoms with Crippen LogP contribution in [0, 0.1) is 5.92 Å². The van der Waals surface area contributed by atoms with Gasteiger partial charge in [-0.25, -0.2) is 4.98 Å². The SMILES string of the molecule is CCCCCCCCCCCCOc1cc(O)c(-c2nc(OCC(CC)CCCC)nc(-c3cc4c5ccccc5ccc4c4ccccc34)n2)c(O)c1. The van der Waals surface area contributed by atoms with Gasteiger partial charge in [-0.15, -0.1) is 0 Å². The van der Waals surface area contributed by atoms with E-state index in [0.29, 0.717) is 30.7 Å². The smallest absolute Gasteiger partial charge is 0.320 e. The second kappa shape index (κ2) is 19.4. The molecule has 5 aromatic carbocycles. The Morgan fingerprint density at radius 3 is 1.87 bits per heavy atom. The van der Waals surface area contributed by atoms with Crippen LogP contribution in [0.25, 0.3) is 55.1 Å². The van der Waals surface area contributed by atoms with Crippen LogP contribution < -0.4 is 9.47 Å². The molecule has 0 aliphatic carbocycles. The summed E-state index contributed by atoms with van der Waals surface area (Å²) in [5.74, 6) is 0.970. The zero-order valence-corrected chi connectivity index (χ0v) is 32.4. The molecule has 0 fully saturated rings. The Kier molecular flexibility index (Phi) is 14.0. The summed E-state index contributed by atoms with van der Waals surface area (Å²) in [7, 11) is 0. The Balaban J connectivity index is 1.30. The van der Waals surface area contributed by atoms with Crippen molar-refractivity contribution in [2.24, 2.45) is 5.92 Å². The lowest BCUT2D eigenvalue weighted by molar-refractivity contribution is 0.217. The first-order valence-electron chi connectivity index (χ1n) is 20.4. The van der Waals surface area contributed by atoms with Crippen LogP contribution in [0.3, 0.4) is 0 Å². The second-order valence-electron chi connectivity index (χ2n) is 14.7. The highest BCUT2D eigenvalue weighted by atomic mass is 16.5. The maximum atomic E-state index is 11.4. The van der Waals surface area contributed by atoms with Crippen LogP contribution in [0.5, 0.6) is 23.3 Å². The van der Waals surface area contributed by atoms with E-state index in [0.717, 1.165) is 76.4 Å². The molecule has 7 nitrogen and oxygen atoms in total. The fraction of sp³-hybridized carbons (Fsp3) is 0.426. The number of phenolic OH excluding ortho intramolecular Hbond substituents is 2. The molecule has 6 rings (SSSR count). The molecule has 54 heavy (non-hydrogen) atoms. The van der Waals surface area contributed by atoms with E-state index in [4.69, 9.17) is 19.4 Å². The second-order valence-corrected chi connectivity index (χ2v) is 14.7. The maximum absolute atomic E-state index is 11.4. The molecule has 0 radical (unpaired) electrons. The topological polar surface area (TPSA) is 97.6 Å². The van der Waals surface area contributed by atoms with Gasteiger partial charge in [0.25, 0.3) is 0 Å². The minimum Gasteiger partial charge on any atom is -0.507 e. The van der Waals surface area contributed by atoms with Crippen LogP contribution in [-0.2, 0) is 0 Å². The molecule has 6 aromatic rings. The molecule has 284 valence electrons. The van der Waals surface area contributed by atoms with Crippen molar-refractivity contribution >= 4 is 32.3 Å². The van der Waals surface area contributed by atoms with Gasteiger partial charge in [0.1, 0.15) is 22.8 Å². The first-order valence-corrected chi connectivity index (χ1v) is 20.4. The predicted molar refractivity (Wildman–Crippen MR) is 223 cm³/mol. The minimum atomic E-state index is -0.167. The van der Waals surface area contributed by atoms with Crippen molar-refractivity contribution in [1.82, 2.24) is 15.0 Å². The summed E-state index contributed by atoms with van der Waals surface area (Å²) >= 11 is 0. The van der Waals surface area contributed by atoms with Gasteiger partial charge in [-0.3, -0.25) is 0 Å². The average Bonchev–Trinajstić information content (AvgIpc) is 3.19. The molecular weight excluding hydrogens is 671 g/mol. The van der Waals surface area contributed by atoms with E-state index in [2.05, 4.69) is 80.4 Å². The number of nitrogens with zero attached hydrogens (tertiary/aromatic N) is 3. The van der Waals surface area contributed by atoms with Gasteiger partial charge < -0.3 is 19.7 Å². The highest BCUT2D eigenvalue weighted by Gasteiger charge is 2.22. The van der Waals surface area contributed by atoms with Crippen LogP contribution in [0.4, 0.5) is 0 Å². The molecule has 2 N–H and O–H groups in total. The van der Waals surface area contributed by atoms with Gasteiger partial charge in [-0.2, -0.15) is 9.97 Å². The van der Waals surface area contributed by atoms with Crippen molar-refractivity contribution in [3.05, 3.63) is 78.9 Å². The normalized spacial score (nSPS) is 12.1. The largest absolute Gasteiger partial charge is 0.507 e. The van der Waals surface area contributed by atoms with E-state index in [9.17, 15) is 10.2 Å². The molecule has 0 saturated carbocycles. The molecular formula is C47H57N3O4. The quantitative estimate of drug-likeness (QED) is 0.0562. The number of unbranched alkanes of at least 4 members (excludes halogenated alkanes) is 10. The van der Waals surface area contributed by atoms with E-state index in [1.165, 1.54) is 63.5 Å². The van der Waals surface area contributed by atoms with Crippen molar-refractivity contribution in [2.45, 2.75) is 111 Å². The molecule has 1 atom stereocenters. The molecule has 1 aromatic heterocycles. The minimum absolute atomic E-state index is 0.114. The summed E-state index contributed by atoms with van der Waals surface area (Å²) < 4.78 is 12.3. The molecule has 0 saturated heterocycles. The first kappa shape index (κ1) is 38.8. The number of aromatic nitrogens is 3. The maximum Gasteiger partial charge on any atom is 0.320 e. The molecule has 0 aliphatic heterocycles. The highest BCUT2D eigenvalue weighted by Crippen LogP contribution is 2.42. The van der Waals surface area contributed by atoms with E-state index in [1.807, 2.05) is 12.1 Å². The number of aromatic hydroxyl groups is 2. The van der Waals surface area contributed by atoms with E-state index < -0.39 is 0 Å². The van der Waals surface area contributed by atoms with Crippen LogP contribution in [0.1, 0.15) is 111 Å². The first-order chi connectivity index (χ1) is 26.5. The van der Waals surface area contributed by atoms with Gasteiger partial charge in [0.05, 0.1) is 13.2 Å². The number of benzene rings is 5. The van der Waals surface area contributed by atoms with E-state index in [1.54, 1.807) is 0 Å². The standard InChI is InChI=1S/C47H57N3O4/c1-4-7-9-10-11-12-13-14-15-20-28-53-35-29-42(51)44(43(52)30-35)46-48-45(49-47(50-46)54-32-33(6-3)21-8-5-2)41-31-40-36-23-17-16-22-34(36)26-27-39(40)37-24-18-19-25-38(37)41/h16-19,22-27,29-31,33,51-52H,4-15,20-21,28,32H2,1-3H3. The van der Waals surface area contributed by atoms with Crippen LogP contribution >= 0.6 is 0 Å². The lowest BCUT2D eigenvalue weighted by Crippen LogP contribution is -2.13. The Morgan fingerprint density at radius 1 is 0.556 bits per heavy atom. The summed E-state index contributed by atoms with van der Waals surface area (Å²) in [4.78, 5) is 14.5. The van der Waals surface area contributed by atoms with Gasteiger partial charge in [0.2, 0.25) is 0 Å². The molecule has 0 amide bonds. The third kappa shape index (κ3) is 9.60. The Labute approximate surface area is 320 Å². The summed E-state index contributed by atoms with van der Waals surface area (Å²) in [6.07, 6.45) is 16.7. The third-order valence-electron chi connectivity index (χ3n) is 10.7. The lowest BCUT2D eigenvalue weighted by Gasteiger charge is -2.17. The number of rotatable bonds is 21. The monoisotopic (exact) mass is 727 g/mol. The van der Waals surface area contributed by atoms with Crippen LogP contribution in [0.2, 0.25) is 0 Å². The van der Waals surface area contributed by atoms with Crippen molar-refractivity contribution in [3.63, 3.8) is 0 Å². The highest BCUT2D eigenvalue weighted by molar-refractivity contribution is 6.20. The van der Waals surface area contributed by atoms with Gasteiger partial charge in [0, 0.05) is 17.7 Å².